The fraction of sp³-hybridized carbons (Fsp3) is 0.250. The number of rotatable bonds is 2. The summed E-state index contributed by atoms with van der Waals surface area (Å²) in [6.45, 7) is 2.27. The van der Waals surface area contributed by atoms with Crippen LogP contribution in [0.15, 0.2) is 28.8 Å². The number of nitro groups is 1. The van der Waals surface area contributed by atoms with E-state index in [1.807, 2.05) is 24.3 Å². The molecule has 8 nitrogen and oxygen atoms in total. The summed E-state index contributed by atoms with van der Waals surface area (Å²) in [5.41, 5.74) is 2.58. The maximum Gasteiger partial charge on any atom is 0.344 e. The van der Waals surface area contributed by atoms with E-state index in [2.05, 4.69) is 10.1 Å². The molecule has 3 aromatic rings. The van der Waals surface area contributed by atoms with Crippen molar-refractivity contribution in [2.24, 2.45) is 0 Å². The van der Waals surface area contributed by atoms with Gasteiger partial charge in [0.05, 0.1) is 11.5 Å². The summed E-state index contributed by atoms with van der Waals surface area (Å²) in [4.78, 5) is 28.0. The van der Waals surface area contributed by atoms with Crippen molar-refractivity contribution < 1.29 is 14.2 Å². The number of para-hydroxylation sites is 1. The van der Waals surface area contributed by atoms with Crippen molar-refractivity contribution in [2.75, 3.05) is 6.54 Å². The molecule has 2 aromatic heterocycles. The SMILES string of the molecule is Cc1onc(C(=O)N2CCc3c([nH]c4ccccc34)C2)c1[N+](=O)[O-]. The maximum absolute atomic E-state index is 12.6. The third-order valence-electron chi connectivity index (χ3n) is 4.39. The smallest absolute Gasteiger partial charge is 0.344 e. The van der Waals surface area contributed by atoms with Gasteiger partial charge >= 0.3 is 5.69 Å². The van der Waals surface area contributed by atoms with Crippen molar-refractivity contribution in [1.82, 2.24) is 15.0 Å². The van der Waals surface area contributed by atoms with Crippen LogP contribution in [0.1, 0.15) is 27.5 Å². The molecule has 0 atom stereocenters. The highest BCUT2D eigenvalue weighted by molar-refractivity contribution is 5.96. The number of carbonyl (C=O) groups is 1. The number of aromatic amines is 1. The molecule has 1 aliphatic rings. The number of nitrogens with one attached hydrogen (secondary N) is 1. The third kappa shape index (κ3) is 2.07. The summed E-state index contributed by atoms with van der Waals surface area (Å²) in [7, 11) is 0. The van der Waals surface area contributed by atoms with E-state index < -0.39 is 10.8 Å². The molecule has 0 saturated carbocycles. The normalized spacial score (nSPS) is 14.0. The zero-order chi connectivity index (χ0) is 16.8. The molecule has 0 unspecified atom stereocenters. The Labute approximate surface area is 136 Å². The fourth-order valence-corrected chi connectivity index (χ4v) is 3.24. The second kappa shape index (κ2) is 5.19. The van der Waals surface area contributed by atoms with Gasteiger partial charge in [0.2, 0.25) is 11.5 Å². The molecule has 8 heteroatoms. The average Bonchev–Trinajstić information content (AvgIpc) is 3.13. The first kappa shape index (κ1) is 14.4. The minimum atomic E-state index is -0.628. The topological polar surface area (TPSA) is 105 Å². The summed E-state index contributed by atoms with van der Waals surface area (Å²) < 4.78 is 4.84. The number of benzene rings is 1. The van der Waals surface area contributed by atoms with Gasteiger partial charge in [-0.25, -0.2) is 0 Å². The monoisotopic (exact) mass is 326 g/mol. The molecule has 0 spiro atoms. The Bertz CT molecular complexity index is 972. The van der Waals surface area contributed by atoms with Crippen LogP contribution >= 0.6 is 0 Å². The van der Waals surface area contributed by atoms with Crippen molar-refractivity contribution in [3.8, 4) is 0 Å². The molecule has 1 amide bonds. The second-order valence-corrected chi connectivity index (χ2v) is 5.80. The maximum atomic E-state index is 12.6. The van der Waals surface area contributed by atoms with Crippen LogP contribution in [0.3, 0.4) is 0 Å². The van der Waals surface area contributed by atoms with Gasteiger partial charge < -0.3 is 14.4 Å². The van der Waals surface area contributed by atoms with E-state index in [4.69, 9.17) is 4.52 Å². The van der Waals surface area contributed by atoms with Crippen LogP contribution in [0.25, 0.3) is 10.9 Å². The zero-order valence-electron chi connectivity index (χ0n) is 12.9. The van der Waals surface area contributed by atoms with Crippen molar-refractivity contribution in [1.29, 1.82) is 0 Å². The van der Waals surface area contributed by atoms with Crippen LogP contribution in [-0.2, 0) is 13.0 Å². The summed E-state index contributed by atoms with van der Waals surface area (Å²) in [6.07, 6.45) is 0.690. The number of carbonyl (C=O) groups excluding carboxylic acids is 1. The highest BCUT2D eigenvalue weighted by Gasteiger charge is 2.34. The Hall–Kier alpha value is -3.16. The quantitative estimate of drug-likeness (QED) is 0.575. The van der Waals surface area contributed by atoms with Gasteiger partial charge in [-0.15, -0.1) is 0 Å². The first-order valence-electron chi connectivity index (χ1n) is 7.54. The highest BCUT2D eigenvalue weighted by Crippen LogP contribution is 2.30. The molecule has 1 N–H and O–H groups in total. The van der Waals surface area contributed by atoms with Gasteiger partial charge in [-0.2, -0.15) is 0 Å². The van der Waals surface area contributed by atoms with Crippen LogP contribution in [0.2, 0.25) is 0 Å². The van der Waals surface area contributed by atoms with Crippen LogP contribution in [0.4, 0.5) is 5.69 Å². The predicted molar refractivity (Wildman–Crippen MR) is 84.6 cm³/mol. The van der Waals surface area contributed by atoms with E-state index in [0.29, 0.717) is 19.5 Å². The standard InChI is InChI=1S/C16H14N4O4/c1-9-15(20(22)23)14(18-24-9)16(21)19-7-6-11-10-4-2-3-5-12(10)17-13(11)8-19/h2-5,17H,6-8H2,1H3. The van der Waals surface area contributed by atoms with Gasteiger partial charge in [0.25, 0.3) is 5.91 Å². The summed E-state index contributed by atoms with van der Waals surface area (Å²) >= 11 is 0. The molecule has 122 valence electrons. The summed E-state index contributed by atoms with van der Waals surface area (Å²) in [5.74, 6) is -0.450. The van der Waals surface area contributed by atoms with E-state index in [0.717, 1.165) is 16.6 Å². The number of H-pyrrole nitrogens is 1. The van der Waals surface area contributed by atoms with E-state index >= 15 is 0 Å². The minimum Gasteiger partial charge on any atom is -0.357 e. The number of hydrogen-bond donors (Lipinski definition) is 1. The van der Waals surface area contributed by atoms with Gasteiger partial charge in [-0.1, -0.05) is 23.4 Å². The van der Waals surface area contributed by atoms with Crippen molar-refractivity contribution >= 4 is 22.5 Å². The molecule has 0 aliphatic carbocycles. The molecule has 3 heterocycles. The predicted octanol–water partition coefficient (Wildman–Crippen LogP) is 2.57. The average molecular weight is 326 g/mol. The molecule has 0 fully saturated rings. The molecule has 24 heavy (non-hydrogen) atoms. The van der Waals surface area contributed by atoms with Gasteiger partial charge in [-0.3, -0.25) is 14.9 Å². The second-order valence-electron chi connectivity index (χ2n) is 5.80. The number of fused-ring (bicyclic) bond motifs is 3. The number of nitrogens with zero attached hydrogens (tertiary/aromatic N) is 3. The molecule has 0 radical (unpaired) electrons. The first-order valence-corrected chi connectivity index (χ1v) is 7.54. The van der Waals surface area contributed by atoms with E-state index in [1.165, 1.54) is 12.5 Å². The Kier molecular flexibility index (Phi) is 3.12. The number of aromatic nitrogens is 2. The lowest BCUT2D eigenvalue weighted by atomic mass is 10.0. The highest BCUT2D eigenvalue weighted by atomic mass is 16.6. The zero-order valence-corrected chi connectivity index (χ0v) is 12.9. The van der Waals surface area contributed by atoms with E-state index in [1.54, 1.807) is 4.90 Å². The third-order valence-corrected chi connectivity index (χ3v) is 4.39. The van der Waals surface area contributed by atoms with Crippen LogP contribution < -0.4 is 0 Å². The van der Waals surface area contributed by atoms with Crippen molar-refractivity contribution in [3.63, 3.8) is 0 Å². The molecule has 1 aliphatic heterocycles. The minimum absolute atomic E-state index is 0.0339. The molecule has 4 rings (SSSR count). The van der Waals surface area contributed by atoms with Gasteiger partial charge in [0.15, 0.2) is 0 Å². The molecule has 0 bridgehead atoms. The first-order chi connectivity index (χ1) is 11.6. The van der Waals surface area contributed by atoms with Gasteiger partial charge in [0, 0.05) is 30.1 Å². The van der Waals surface area contributed by atoms with Crippen LogP contribution in [0, 0.1) is 17.0 Å². The van der Waals surface area contributed by atoms with Crippen molar-refractivity contribution in [3.05, 3.63) is 57.1 Å². The van der Waals surface area contributed by atoms with Gasteiger partial charge in [0.1, 0.15) is 0 Å². The number of hydrogen-bond acceptors (Lipinski definition) is 5. The largest absolute Gasteiger partial charge is 0.357 e. The molecular formula is C16H14N4O4. The Morgan fingerprint density at radius 3 is 3.00 bits per heavy atom. The summed E-state index contributed by atoms with van der Waals surface area (Å²) in [5, 5.41) is 15.9. The van der Waals surface area contributed by atoms with Crippen LogP contribution in [-0.4, -0.2) is 32.4 Å². The van der Waals surface area contributed by atoms with Gasteiger partial charge in [-0.05, 0) is 18.1 Å². The number of amides is 1. The Morgan fingerprint density at radius 2 is 2.21 bits per heavy atom. The lowest BCUT2D eigenvalue weighted by Gasteiger charge is -2.26. The number of aryl methyl sites for hydroxylation is 1. The van der Waals surface area contributed by atoms with E-state index in [9.17, 15) is 14.9 Å². The van der Waals surface area contributed by atoms with Crippen molar-refractivity contribution in [2.45, 2.75) is 19.9 Å². The molecule has 0 saturated heterocycles. The van der Waals surface area contributed by atoms with E-state index in [-0.39, 0.29) is 17.1 Å². The summed E-state index contributed by atoms with van der Waals surface area (Å²) in [6, 6.07) is 7.98. The Balaban J connectivity index is 1.67. The Morgan fingerprint density at radius 1 is 1.42 bits per heavy atom. The fourth-order valence-electron chi connectivity index (χ4n) is 3.24. The van der Waals surface area contributed by atoms with Crippen LogP contribution in [0.5, 0.6) is 0 Å². The lowest BCUT2D eigenvalue weighted by molar-refractivity contribution is -0.386. The lowest BCUT2D eigenvalue weighted by Crippen LogP contribution is -2.36. The molecular weight excluding hydrogens is 312 g/mol. The molecule has 1 aromatic carbocycles.